The summed E-state index contributed by atoms with van der Waals surface area (Å²) < 4.78 is 0. The van der Waals surface area contributed by atoms with Crippen LogP contribution in [-0.4, -0.2) is 22.6 Å². The second-order valence-corrected chi connectivity index (χ2v) is 4.65. The van der Waals surface area contributed by atoms with E-state index in [4.69, 9.17) is 11.6 Å². The van der Waals surface area contributed by atoms with Gasteiger partial charge in [0.2, 0.25) is 0 Å². The van der Waals surface area contributed by atoms with Crippen LogP contribution in [0.25, 0.3) is 0 Å². The van der Waals surface area contributed by atoms with E-state index < -0.39 is 0 Å². The Morgan fingerprint density at radius 2 is 2.05 bits per heavy atom. The first-order valence-electron chi connectivity index (χ1n) is 6.41. The lowest BCUT2D eigenvalue weighted by Crippen LogP contribution is -2.24. The van der Waals surface area contributed by atoms with E-state index in [1.165, 1.54) is 0 Å². The van der Waals surface area contributed by atoms with E-state index in [2.05, 4.69) is 27.4 Å². The Balaban J connectivity index is 1.95. The maximum absolute atomic E-state index is 11.6. The second-order valence-electron chi connectivity index (χ2n) is 4.25. The summed E-state index contributed by atoms with van der Waals surface area (Å²) in [5, 5.41) is 14.3. The highest BCUT2D eigenvalue weighted by atomic mass is 35.5. The van der Waals surface area contributed by atoms with E-state index in [1.807, 2.05) is 24.3 Å². The minimum absolute atomic E-state index is 0.264. The zero-order valence-corrected chi connectivity index (χ0v) is 12.1. The first-order chi connectivity index (χ1) is 10.2. The predicted octanol–water partition coefficient (Wildman–Crippen LogP) is 2.66. The van der Waals surface area contributed by atoms with Gasteiger partial charge in [-0.15, -0.1) is 16.8 Å². The maximum Gasteiger partial charge on any atom is 0.272 e. The summed E-state index contributed by atoms with van der Waals surface area (Å²) in [5.41, 5.74) is 1.23. The summed E-state index contributed by atoms with van der Waals surface area (Å²) in [6, 6.07) is 10.9. The van der Waals surface area contributed by atoms with Crippen molar-refractivity contribution in [1.29, 1.82) is 0 Å². The van der Waals surface area contributed by atoms with E-state index >= 15 is 0 Å². The van der Waals surface area contributed by atoms with Gasteiger partial charge >= 0.3 is 0 Å². The number of carbonyl (C=O) groups is 1. The van der Waals surface area contributed by atoms with Crippen LogP contribution >= 0.6 is 11.6 Å². The van der Waals surface area contributed by atoms with Crippen LogP contribution in [0.5, 0.6) is 0 Å². The third-order valence-electron chi connectivity index (χ3n) is 2.72. The van der Waals surface area contributed by atoms with Crippen molar-refractivity contribution < 1.29 is 4.79 Å². The number of halogens is 1. The molecule has 6 heteroatoms. The molecule has 5 nitrogen and oxygen atoms in total. The molecule has 1 aromatic heterocycles. The summed E-state index contributed by atoms with van der Waals surface area (Å²) in [5.74, 6) is 0.301. The molecule has 2 aromatic rings. The highest BCUT2D eigenvalue weighted by Gasteiger charge is 2.07. The van der Waals surface area contributed by atoms with E-state index in [-0.39, 0.29) is 11.6 Å². The minimum Gasteiger partial charge on any atom is -0.364 e. The van der Waals surface area contributed by atoms with Crippen molar-refractivity contribution in [1.82, 2.24) is 15.5 Å². The average molecular weight is 303 g/mol. The minimum atomic E-state index is -0.278. The van der Waals surface area contributed by atoms with Crippen molar-refractivity contribution in [3.63, 3.8) is 0 Å². The molecule has 1 heterocycles. The molecule has 0 spiro atoms. The number of nitrogens with zero attached hydrogens (tertiary/aromatic N) is 2. The summed E-state index contributed by atoms with van der Waals surface area (Å²) in [4.78, 5) is 11.6. The van der Waals surface area contributed by atoms with Crippen LogP contribution in [0, 0.1) is 0 Å². The lowest BCUT2D eigenvalue weighted by Gasteiger charge is -2.07. The number of anilines is 1. The smallest absolute Gasteiger partial charge is 0.272 e. The van der Waals surface area contributed by atoms with Crippen molar-refractivity contribution in [2.45, 2.75) is 6.54 Å². The molecule has 1 amide bonds. The molecule has 0 aliphatic rings. The van der Waals surface area contributed by atoms with Gasteiger partial charge in [0.15, 0.2) is 5.69 Å². The van der Waals surface area contributed by atoms with Gasteiger partial charge in [0.05, 0.1) is 0 Å². The number of hydrogen-bond acceptors (Lipinski definition) is 4. The van der Waals surface area contributed by atoms with Crippen LogP contribution in [0.1, 0.15) is 16.1 Å². The predicted molar refractivity (Wildman–Crippen MR) is 83.3 cm³/mol. The Kier molecular flexibility index (Phi) is 5.29. The largest absolute Gasteiger partial charge is 0.364 e. The number of aromatic nitrogens is 2. The topological polar surface area (TPSA) is 66.9 Å². The fraction of sp³-hybridized carbons (Fsp3) is 0.133. The third-order valence-corrected chi connectivity index (χ3v) is 3.09. The van der Waals surface area contributed by atoms with Crippen LogP contribution < -0.4 is 10.6 Å². The highest BCUT2D eigenvalue weighted by Crippen LogP contribution is 2.16. The number of carbonyl (C=O) groups excluding carboxylic acids is 1. The Morgan fingerprint density at radius 3 is 2.71 bits per heavy atom. The lowest BCUT2D eigenvalue weighted by atomic mass is 10.2. The number of hydrogen-bond donors (Lipinski definition) is 2. The fourth-order valence-corrected chi connectivity index (χ4v) is 1.83. The SMILES string of the molecule is C=CCNC(=O)c1ccc(NCc2ccccc2Cl)nn1. The van der Waals surface area contributed by atoms with Crippen LogP contribution in [-0.2, 0) is 6.54 Å². The average Bonchev–Trinajstić information content (AvgIpc) is 2.52. The first-order valence-corrected chi connectivity index (χ1v) is 6.78. The van der Waals surface area contributed by atoms with Crippen LogP contribution in [0.3, 0.4) is 0 Å². The van der Waals surface area contributed by atoms with E-state index in [0.717, 1.165) is 5.56 Å². The summed E-state index contributed by atoms with van der Waals surface area (Å²) in [6.07, 6.45) is 1.60. The van der Waals surface area contributed by atoms with E-state index in [0.29, 0.717) is 23.9 Å². The maximum atomic E-state index is 11.6. The van der Waals surface area contributed by atoms with Crippen molar-refractivity contribution >= 4 is 23.3 Å². The molecule has 0 saturated carbocycles. The van der Waals surface area contributed by atoms with Gasteiger partial charge < -0.3 is 10.6 Å². The fourth-order valence-electron chi connectivity index (χ4n) is 1.63. The van der Waals surface area contributed by atoms with E-state index in [1.54, 1.807) is 18.2 Å². The quantitative estimate of drug-likeness (QED) is 0.805. The molecule has 0 radical (unpaired) electrons. The summed E-state index contributed by atoms with van der Waals surface area (Å²) in [6.45, 7) is 4.46. The molecular formula is C15H15ClN4O. The van der Waals surface area contributed by atoms with Crippen molar-refractivity contribution in [3.05, 3.63) is 65.3 Å². The molecular weight excluding hydrogens is 288 g/mol. The number of benzene rings is 1. The van der Waals surface area contributed by atoms with Crippen LogP contribution in [0.4, 0.5) is 5.82 Å². The van der Waals surface area contributed by atoms with Gasteiger partial charge in [0, 0.05) is 18.1 Å². The van der Waals surface area contributed by atoms with Crippen LogP contribution in [0.15, 0.2) is 49.1 Å². The lowest BCUT2D eigenvalue weighted by molar-refractivity contribution is 0.0952. The van der Waals surface area contributed by atoms with Gasteiger partial charge in [-0.05, 0) is 23.8 Å². The Labute approximate surface area is 128 Å². The molecule has 1 aromatic carbocycles. The normalized spacial score (nSPS) is 9.95. The Hall–Kier alpha value is -2.40. The van der Waals surface area contributed by atoms with Gasteiger partial charge in [0.1, 0.15) is 5.82 Å². The number of rotatable bonds is 6. The second kappa shape index (κ2) is 7.40. The molecule has 2 N–H and O–H groups in total. The molecule has 0 unspecified atom stereocenters. The monoisotopic (exact) mass is 302 g/mol. The summed E-state index contributed by atoms with van der Waals surface area (Å²) >= 11 is 6.07. The van der Waals surface area contributed by atoms with E-state index in [9.17, 15) is 4.79 Å². The van der Waals surface area contributed by atoms with Gasteiger partial charge in [-0.2, -0.15) is 0 Å². The molecule has 108 valence electrons. The highest BCUT2D eigenvalue weighted by molar-refractivity contribution is 6.31. The van der Waals surface area contributed by atoms with Gasteiger partial charge in [-0.25, -0.2) is 0 Å². The Bertz CT molecular complexity index is 628. The molecule has 0 saturated heterocycles. The first kappa shape index (κ1) is 15.0. The molecule has 0 atom stereocenters. The third kappa shape index (κ3) is 4.29. The standard InChI is InChI=1S/C15H15ClN4O/c1-2-9-17-15(21)13-7-8-14(20-19-13)18-10-11-5-3-4-6-12(11)16/h2-8H,1,9-10H2,(H,17,21)(H,18,20). The number of nitrogens with one attached hydrogen (secondary N) is 2. The zero-order chi connectivity index (χ0) is 15.1. The van der Waals surface area contributed by atoms with Crippen LogP contribution in [0.2, 0.25) is 5.02 Å². The van der Waals surface area contributed by atoms with Crippen molar-refractivity contribution in [2.75, 3.05) is 11.9 Å². The van der Waals surface area contributed by atoms with Crippen molar-refractivity contribution in [3.8, 4) is 0 Å². The molecule has 0 fully saturated rings. The molecule has 2 rings (SSSR count). The molecule has 0 aliphatic heterocycles. The zero-order valence-electron chi connectivity index (χ0n) is 11.3. The van der Waals surface area contributed by atoms with Gasteiger partial charge in [-0.1, -0.05) is 35.9 Å². The van der Waals surface area contributed by atoms with Gasteiger partial charge in [-0.3, -0.25) is 4.79 Å². The van der Waals surface area contributed by atoms with Crippen molar-refractivity contribution in [2.24, 2.45) is 0 Å². The number of amides is 1. The molecule has 0 aliphatic carbocycles. The Morgan fingerprint density at radius 1 is 1.24 bits per heavy atom. The molecule has 21 heavy (non-hydrogen) atoms. The molecule has 0 bridgehead atoms. The van der Waals surface area contributed by atoms with Gasteiger partial charge in [0.25, 0.3) is 5.91 Å². The summed E-state index contributed by atoms with van der Waals surface area (Å²) in [7, 11) is 0.